The Kier molecular flexibility index (Phi) is 6.67. The largest absolute Gasteiger partial charge is 0.457 e. The minimum absolute atomic E-state index is 0.711. The summed E-state index contributed by atoms with van der Waals surface area (Å²) in [7, 11) is 2.07. The van der Waals surface area contributed by atoms with Crippen molar-refractivity contribution in [2.75, 3.05) is 16.5 Å². The highest BCUT2D eigenvalue weighted by Gasteiger charge is 2.28. The maximum Gasteiger partial charge on any atom is 0.139 e. The number of rotatable bonds is 6. The van der Waals surface area contributed by atoms with Crippen molar-refractivity contribution in [3.63, 3.8) is 0 Å². The summed E-state index contributed by atoms with van der Waals surface area (Å²) in [6, 6.07) is 55.4. The zero-order valence-corrected chi connectivity index (χ0v) is 28.0. The van der Waals surface area contributed by atoms with E-state index in [0.717, 1.165) is 50.3 Å². The van der Waals surface area contributed by atoms with E-state index in [1.807, 2.05) is 12.3 Å². The lowest BCUT2D eigenvalue weighted by Crippen LogP contribution is -2.23. The Balaban J connectivity index is 1.06. The standard InChI is InChI=1S/C45H33N5O/c1-47-24-23-33-29-46-45(28-43(33)47)50-40-22-19-32(31-11-4-2-5-12-31)25-39(40)38-21-20-37(27-44(38)50)51-36-16-10-15-35(26-36)49-30-48(34-13-6-3-7-14-34)41-17-8-9-18-42(41)49/h2-29H,30H2,1H3. The Morgan fingerprint density at radius 3 is 2.08 bits per heavy atom. The molecule has 10 rings (SSSR count). The van der Waals surface area contributed by atoms with Gasteiger partial charge in [-0.2, -0.15) is 0 Å². The van der Waals surface area contributed by atoms with Crippen molar-refractivity contribution in [2.45, 2.75) is 0 Å². The Morgan fingerprint density at radius 1 is 0.529 bits per heavy atom. The molecule has 0 N–H and O–H groups in total. The van der Waals surface area contributed by atoms with Gasteiger partial charge in [-0.25, -0.2) is 4.98 Å². The average Bonchev–Trinajstić information content (AvgIpc) is 3.86. The molecular weight excluding hydrogens is 627 g/mol. The number of ether oxygens (including phenoxy) is 1. The molecule has 0 unspecified atom stereocenters. The molecule has 9 aromatic rings. The van der Waals surface area contributed by atoms with E-state index in [1.165, 1.54) is 33.6 Å². The minimum Gasteiger partial charge on any atom is -0.457 e. The van der Waals surface area contributed by atoms with Crippen molar-refractivity contribution < 1.29 is 4.74 Å². The van der Waals surface area contributed by atoms with Gasteiger partial charge in [0.2, 0.25) is 0 Å². The van der Waals surface area contributed by atoms with Crippen LogP contribution in [-0.4, -0.2) is 20.8 Å². The van der Waals surface area contributed by atoms with E-state index >= 15 is 0 Å². The first kappa shape index (κ1) is 29.2. The zero-order chi connectivity index (χ0) is 33.9. The number of hydrogen-bond acceptors (Lipinski definition) is 4. The SMILES string of the molecule is Cn1ccc2cnc(-n3c4ccc(-c5ccccc5)cc4c4ccc(Oc5cccc(N6CN(c7ccccc7)c7ccccc76)c5)cc43)cc21. The van der Waals surface area contributed by atoms with Crippen LogP contribution in [0, 0.1) is 0 Å². The van der Waals surface area contributed by atoms with Crippen molar-refractivity contribution in [2.24, 2.45) is 7.05 Å². The van der Waals surface area contributed by atoms with Crippen LogP contribution in [0.15, 0.2) is 170 Å². The summed E-state index contributed by atoms with van der Waals surface area (Å²) in [4.78, 5) is 9.64. The van der Waals surface area contributed by atoms with Crippen LogP contribution in [0.2, 0.25) is 0 Å². The quantitative estimate of drug-likeness (QED) is 0.178. The first-order valence-corrected chi connectivity index (χ1v) is 17.2. The second kappa shape index (κ2) is 11.7. The van der Waals surface area contributed by atoms with Crippen LogP contribution in [0.5, 0.6) is 11.5 Å². The summed E-state index contributed by atoms with van der Waals surface area (Å²) in [6.07, 6.45) is 4.04. The third-order valence-corrected chi connectivity index (χ3v) is 10.0. The number of aromatic nitrogens is 3. The molecule has 0 fully saturated rings. The molecule has 0 bridgehead atoms. The van der Waals surface area contributed by atoms with E-state index in [1.54, 1.807) is 0 Å². The Labute approximate surface area is 295 Å². The van der Waals surface area contributed by atoms with Gasteiger partial charge in [0.25, 0.3) is 0 Å². The number of benzene rings is 6. The van der Waals surface area contributed by atoms with Crippen LogP contribution in [0.1, 0.15) is 0 Å². The molecule has 0 amide bonds. The molecule has 0 spiro atoms. The molecule has 0 saturated heterocycles. The number of hydrogen-bond donors (Lipinski definition) is 0. The molecule has 1 aliphatic heterocycles. The van der Waals surface area contributed by atoms with Crippen LogP contribution >= 0.6 is 0 Å². The van der Waals surface area contributed by atoms with Gasteiger partial charge >= 0.3 is 0 Å². The van der Waals surface area contributed by atoms with Crippen LogP contribution < -0.4 is 14.5 Å². The molecule has 0 radical (unpaired) electrons. The monoisotopic (exact) mass is 659 g/mol. The third-order valence-electron chi connectivity index (χ3n) is 10.0. The van der Waals surface area contributed by atoms with Gasteiger partial charge < -0.3 is 19.1 Å². The van der Waals surface area contributed by atoms with Crippen LogP contribution in [0.3, 0.4) is 0 Å². The van der Waals surface area contributed by atoms with Crippen molar-refractivity contribution >= 4 is 55.5 Å². The molecule has 0 aliphatic carbocycles. The summed E-state index contributed by atoms with van der Waals surface area (Å²) in [5, 5.41) is 3.43. The van der Waals surface area contributed by atoms with Crippen molar-refractivity contribution in [3.8, 4) is 28.4 Å². The Morgan fingerprint density at radius 2 is 1.25 bits per heavy atom. The van der Waals surface area contributed by atoms with Crippen molar-refractivity contribution in [1.29, 1.82) is 0 Å². The molecule has 51 heavy (non-hydrogen) atoms. The van der Waals surface area contributed by atoms with Gasteiger partial charge in [-0.1, -0.05) is 72.8 Å². The average molecular weight is 660 g/mol. The molecule has 244 valence electrons. The molecule has 3 aromatic heterocycles. The molecule has 0 saturated carbocycles. The van der Waals surface area contributed by atoms with E-state index in [4.69, 9.17) is 9.72 Å². The fourth-order valence-corrected chi connectivity index (χ4v) is 7.51. The first-order valence-electron chi connectivity index (χ1n) is 17.2. The fraction of sp³-hybridized carbons (Fsp3) is 0.0444. The number of pyridine rings is 1. The van der Waals surface area contributed by atoms with E-state index < -0.39 is 0 Å². The lowest BCUT2D eigenvalue weighted by Gasteiger charge is -2.22. The molecular formula is C45H33N5O. The normalized spacial score (nSPS) is 12.6. The van der Waals surface area contributed by atoms with Gasteiger partial charge in [-0.3, -0.25) is 4.57 Å². The minimum atomic E-state index is 0.711. The summed E-state index contributed by atoms with van der Waals surface area (Å²) < 4.78 is 11.1. The second-order valence-corrected chi connectivity index (χ2v) is 13.1. The summed E-state index contributed by atoms with van der Waals surface area (Å²) in [5.41, 5.74) is 10.2. The lowest BCUT2D eigenvalue weighted by atomic mass is 10.0. The molecule has 0 atom stereocenters. The molecule has 4 heterocycles. The zero-order valence-electron chi connectivity index (χ0n) is 28.0. The lowest BCUT2D eigenvalue weighted by molar-refractivity contribution is 0.483. The van der Waals surface area contributed by atoms with Gasteiger partial charge in [0.05, 0.1) is 27.9 Å². The summed E-state index contributed by atoms with van der Waals surface area (Å²) in [6.45, 7) is 0.711. The number of aryl methyl sites for hydroxylation is 1. The van der Waals surface area contributed by atoms with Crippen molar-refractivity contribution in [3.05, 3.63) is 170 Å². The molecule has 6 nitrogen and oxygen atoms in total. The summed E-state index contributed by atoms with van der Waals surface area (Å²) >= 11 is 0. The highest BCUT2D eigenvalue weighted by Crippen LogP contribution is 2.45. The molecule has 1 aliphatic rings. The van der Waals surface area contributed by atoms with Gasteiger partial charge in [0.1, 0.15) is 24.0 Å². The smallest absolute Gasteiger partial charge is 0.139 e. The van der Waals surface area contributed by atoms with Crippen LogP contribution in [0.4, 0.5) is 22.7 Å². The van der Waals surface area contributed by atoms with Crippen LogP contribution in [-0.2, 0) is 7.05 Å². The predicted molar refractivity (Wildman–Crippen MR) is 209 cm³/mol. The van der Waals surface area contributed by atoms with Gasteiger partial charge in [0.15, 0.2) is 0 Å². The van der Waals surface area contributed by atoms with Gasteiger partial charge in [0, 0.05) is 65.2 Å². The van der Waals surface area contributed by atoms with E-state index in [-0.39, 0.29) is 0 Å². The maximum atomic E-state index is 6.66. The number of fused-ring (bicyclic) bond motifs is 5. The maximum absolute atomic E-state index is 6.66. The molecule has 6 heteroatoms. The fourth-order valence-electron chi connectivity index (χ4n) is 7.51. The van der Waals surface area contributed by atoms with E-state index in [0.29, 0.717) is 6.67 Å². The predicted octanol–water partition coefficient (Wildman–Crippen LogP) is 11.4. The highest BCUT2D eigenvalue weighted by atomic mass is 16.5. The first-order chi connectivity index (χ1) is 25.2. The summed E-state index contributed by atoms with van der Waals surface area (Å²) in [5.74, 6) is 2.41. The number of nitrogens with zero attached hydrogens (tertiary/aromatic N) is 5. The highest BCUT2D eigenvalue weighted by molar-refractivity contribution is 6.11. The van der Waals surface area contributed by atoms with Gasteiger partial charge in [-0.05, 0) is 77.9 Å². The Hall–Kier alpha value is -6.79. The number of anilines is 4. The van der Waals surface area contributed by atoms with Gasteiger partial charge in [-0.15, -0.1) is 0 Å². The van der Waals surface area contributed by atoms with E-state index in [9.17, 15) is 0 Å². The Bertz CT molecular complexity index is 2730. The molecule has 6 aromatic carbocycles. The topological polar surface area (TPSA) is 38.5 Å². The second-order valence-electron chi connectivity index (χ2n) is 13.1. The van der Waals surface area contributed by atoms with Crippen molar-refractivity contribution in [1.82, 2.24) is 14.1 Å². The third kappa shape index (κ3) is 4.91. The number of para-hydroxylation sites is 3. The van der Waals surface area contributed by atoms with Crippen LogP contribution in [0.25, 0.3) is 49.7 Å². The van der Waals surface area contributed by atoms with E-state index in [2.05, 4.69) is 184 Å².